The summed E-state index contributed by atoms with van der Waals surface area (Å²) in [6.45, 7) is 1.79. The number of amides is 2. The molecule has 138 valence electrons. The average molecular weight is 368 g/mol. The van der Waals surface area contributed by atoms with Gasteiger partial charge in [0.2, 0.25) is 0 Å². The van der Waals surface area contributed by atoms with Crippen LogP contribution in [0.3, 0.4) is 0 Å². The zero-order valence-corrected chi connectivity index (χ0v) is 13.6. The first-order chi connectivity index (χ1) is 12.3. The van der Waals surface area contributed by atoms with Crippen LogP contribution in [0.25, 0.3) is 0 Å². The first-order valence-electron chi connectivity index (χ1n) is 7.48. The maximum absolute atomic E-state index is 12.9. The number of rotatable bonds is 4. The molecule has 0 atom stereocenters. The van der Waals surface area contributed by atoms with Gasteiger partial charge in [-0.05, 0) is 43.3 Å². The van der Waals surface area contributed by atoms with Gasteiger partial charge in [0, 0.05) is 5.69 Å². The zero-order valence-electron chi connectivity index (χ0n) is 13.6. The molecule has 2 aromatic carbocycles. The smallest absolute Gasteiger partial charge is 0.434 e. The highest BCUT2D eigenvalue weighted by Gasteiger charge is 2.33. The topological polar surface area (TPSA) is 76.7 Å². The third kappa shape index (κ3) is 5.40. The quantitative estimate of drug-likeness (QED) is 0.595. The van der Waals surface area contributed by atoms with Crippen molar-refractivity contribution in [3.05, 3.63) is 54.1 Å². The molecule has 0 heterocycles. The lowest BCUT2D eigenvalue weighted by Crippen LogP contribution is -2.21. The predicted octanol–water partition coefficient (Wildman–Crippen LogP) is 4.88. The Hall–Kier alpha value is -3.23. The van der Waals surface area contributed by atoms with Crippen molar-refractivity contribution in [1.82, 2.24) is 0 Å². The van der Waals surface area contributed by atoms with Crippen molar-refractivity contribution in [2.75, 3.05) is 17.2 Å². The molecule has 9 heteroatoms. The van der Waals surface area contributed by atoms with E-state index in [0.717, 1.165) is 12.1 Å². The molecule has 2 amide bonds. The van der Waals surface area contributed by atoms with Gasteiger partial charge in [-0.15, -0.1) is 0 Å². The van der Waals surface area contributed by atoms with E-state index in [2.05, 4.69) is 15.4 Å². The van der Waals surface area contributed by atoms with E-state index in [4.69, 9.17) is 4.74 Å². The molecule has 26 heavy (non-hydrogen) atoms. The molecule has 0 saturated heterocycles. The van der Waals surface area contributed by atoms with Crippen LogP contribution < -0.4 is 15.4 Å². The number of hydrogen-bond acceptors (Lipinski definition) is 4. The van der Waals surface area contributed by atoms with Crippen molar-refractivity contribution in [3.8, 4) is 5.75 Å². The SMILES string of the molecule is CCOC(=O)Oc1ccc(NC(=O)Nc2ccccc2C(F)(F)F)cc1. The summed E-state index contributed by atoms with van der Waals surface area (Å²) in [6, 6.07) is 9.43. The van der Waals surface area contributed by atoms with Crippen LogP contribution in [0.1, 0.15) is 12.5 Å². The van der Waals surface area contributed by atoms with Gasteiger partial charge in [-0.3, -0.25) is 0 Å². The Morgan fingerprint density at radius 1 is 1.00 bits per heavy atom. The molecule has 0 unspecified atom stereocenters. The minimum atomic E-state index is -4.59. The van der Waals surface area contributed by atoms with Gasteiger partial charge < -0.3 is 20.1 Å². The Kier molecular flexibility index (Phi) is 6.05. The van der Waals surface area contributed by atoms with Gasteiger partial charge in [0.05, 0.1) is 17.9 Å². The van der Waals surface area contributed by atoms with E-state index in [1.54, 1.807) is 6.92 Å². The van der Waals surface area contributed by atoms with Gasteiger partial charge in [-0.25, -0.2) is 9.59 Å². The molecule has 0 aliphatic carbocycles. The highest BCUT2D eigenvalue weighted by Crippen LogP contribution is 2.34. The van der Waals surface area contributed by atoms with E-state index < -0.39 is 23.9 Å². The molecule has 0 aromatic heterocycles. The number of halogens is 3. The highest BCUT2D eigenvalue weighted by atomic mass is 19.4. The lowest BCUT2D eigenvalue weighted by molar-refractivity contribution is -0.136. The highest BCUT2D eigenvalue weighted by molar-refractivity contribution is 6.00. The molecule has 6 nitrogen and oxygen atoms in total. The van der Waals surface area contributed by atoms with Gasteiger partial charge in [0.15, 0.2) is 0 Å². The number of anilines is 2. The summed E-state index contributed by atoms with van der Waals surface area (Å²) in [5, 5.41) is 4.54. The molecule has 2 aromatic rings. The second-order valence-corrected chi connectivity index (χ2v) is 4.93. The summed E-state index contributed by atoms with van der Waals surface area (Å²) in [6.07, 6.45) is -5.45. The first kappa shape index (κ1) is 19.1. The molecular formula is C17H15F3N2O4. The third-order valence-corrected chi connectivity index (χ3v) is 3.06. The number of benzene rings is 2. The van der Waals surface area contributed by atoms with Crippen LogP contribution in [0.2, 0.25) is 0 Å². The van der Waals surface area contributed by atoms with Crippen molar-refractivity contribution in [2.24, 2.45) is 0 Å². The fourth-order valence-corrected chi connectivity index (χ4v) is 1.97. The van der Waals surface area contributed by atoms with E-state index >= 15 is 0 Å². The molecule has 2 N–H and O–H groups in total. The fraction of sp³-hybridized carbons (Fsp3) is 0.176. The van der Waals surface area contributed by atoms with Crippen LogP contribution in [-0.4, -0.2) is 18.8 Å². The Balaban J connectivity index is 2.00. The number of carbonyl (C=O) groups is 2. The summed E-state index contributed by atoms with van der Waals surface area (Å²) >= 11 is 0. The largest absolute Gasteiger partial charge is 0.513 e. The molecule has 0 aliphatic rings. The average Bonchev–Trinajstić information content (AvgIpc) is 2.56. The van der Waals surface area contributed by atoms with Crippen molar-refractivity contribution in [1.29, 1.82) is 0 Å². The maximum atomic E-state index is 12.9. The van der Waals surface area contributed by atoms with Gasteiger partial charge in [0.1, 0.15) is 5.75 Å². The molecule has 2 rings (SSSR count). The Bertz CT molecular complexity index is 776. The Labute approximate surface area is 146 Å². The number of carbonyl (C=O) groups excluding carboxylic acids is 2. The van der Waals surface area contributed by atoms with Crippen molar-refractivity contribution >= 4 is 23.6 Å². The molecule has 0 aliphatic heterocycles. The Morgan fingerprint density at radius 3 is 2.27 bits per heavy atom. The Morgan fingerprint density at radius 2 is 1.65 bits per heavy atom. The molecule has 0 spiro atoms. The standard InChI is InChI=1S/C17H15F3N2O4/c1-2-25-16(24)26-12-9-7-11(8-10-12)21-15(23)22-14-6-4-3-5-13(14)17(18,19)20/h3-10H,2H2,1H3,(H2,21,22,23). The molecule has 0 fully saturated rings. The van der Waals surface area contributed by atoms with Gasteiger partial charge >= 0.3 is 18.4 Å². The second-order valence-electron chi connectivity index (χ2n) is 4.93. The van der Waals surface area contributed by atoms with Gasteiger partial charge in [-0.1, -0.05) is 12.1 Å². The molecule has 0 bridgehead atoms. The zero-order chi connectivity index (χ0) is 19.2. The maximum Gasteiger partial charge on any atom is 0.513 e. The summed E-state index contributed by atoms with van der Waals surface area (Å²) in [7, 11) is 0. The van der Waals surface area contributed by atoms with Crippen LogP contribution in [0, 0.1) is 0 Å². The number of nitrogens with one attached hydrogen (secondary N) is 2. The fourth-order valence-electron chi connectivity index (χ4n) is 1.97. The van der Waals surface area contributed by atoms with Crippen LogP contribution in [0.4, 0.5) is 34.1 Å². The monoisotopic (exact) mass is 368 g/mol. The van der Waals surface area contributed by atoms with E-state index in [1.165, 1.54) is 36.4 Å². The van der Waals surface area contributed by atoms with E-state index in [-0.39, 0.29) is 18.0 Å². The van der Waals surface area contributed by atoms with Crippen LogP contribution in [-0.2, 0) is 10.9 Å². The summed E-state index contributed by atoms with van der Waals surface area (Å²) in [5.74, 6) is 0.192. The lowest BCUT2D eigenvalue weighted by Gasteiger charge is -2.14. The number of para-hydroxylation sites is 1. The van der Waals surface area contributed by atoms with Crippen LogP contribution in [0.15, 0.2) is 48.5 Å². The lowest BCUT2D eigenvalue weighted by atomic mass is 10.1. The summed E-state index contributed by atoms with van der Waals surface area (Å²) in [5.41, 5.74) is -1.02. The second kappa shape index (κ2) is 8.24. The van der Waals surface area contributed by atoms with E-state index in [9.17, 15) is 22.8 Å². The van der Waals surface area contributed by atoms with Crippen molar-refractivity contribution in [2.45, 2.75) is 13.1 Å². The number of urea groups is 1. The summed E-state index contributed by atoms with van der Waals surface area (Å²) < 4.78 is 48.2. The third-order valence-electron chi connectivity index (χ3n) is 3.06. The summed E-state index contributed by atoms with van der Waals surface area (Å²) in [4.78, 5) is 23.1. The number of hydrogen-bond donors (Lipinski definition) is 2. The van der Waals surface area contributed by atoms with Crippen LogP contribution in [0.5, 0.6) is 5.75 Å². The van der Waals surface area contributed by atoms with E-state index in [1.807, 2.05) is 0 Å². The van der Waals surface area contributed by atoms with Crippen molar-refractivity contribution in [3.63, 3.8) is 0 Å². The molecule has 0 radical (unpaired) electrons. The molecule has 0 saturated carbocycles. The number of alkyl halides is 3. The predicted molar refractivity (Wildman–Crippen MR) is 88.2 cm³/mol. The molecular weight excluding hydrogens is 353 g/mol. The number of ether oxygens (including phenoxy) is 2. The van der Waals surface area contributed by atoms with E-state index in [0.29, 0.717) is 5.69 Å². The van der Waals surface area contributed by atoms with Gasteiger partial charge in [0.25, 0.3) is 0 Å². The first-order valence-corrected chi connectivity index (χ1v) is 7.48. The minimum absolute atomic E-state index is 0.165. The van der Waals surface area contributed by atoms with Crippen LogP contribution >= 0.6 is 0 Å². The van der Waals surface area contributed by atoms with Gasteiger partial charge in [-0.2, -0.15) is 13.2 Å². The normalized spacial score (nSPS) is 10.8. The minimum Gasteiger partial charge on any atom is -0.434 e. The van der Waals surface area contributed by atoms with Crippen molar-refractivity contribution < 1.29 is 32.2 Å².